The van der Waals surface area contributed by atoms with E-state index >= 15 is 0 Å². The van der Waals surface area contributed by atoms with Crippen molar-refractivity contribution in [2.24, 2.45) is 0 Å². The molecule has 0 unspecified atom stereocenters. The van der Waals surface area contributed by atoms with E-state index in [1.807, 2.05) is 201 Å². The Hall–Kier alpha value is -12.8. The number of rotatable bonds is 12. The summed E-state index contributed by atoms with van der Waals surface area (Å²) in [6.07, 6.45) is 4.28. The number of carbonyl (C=O) groups is 9. The van der Waals surface area contributed by atoms with E-state index in [-0.39, 0.29) is 65.2 Å². The zero-order valence-electron chi connectivity index (χ0n) is 75.6. The second-order valence-electron chi connectivity index (χ2n) is 33.5. The summed E-state index contributed by atoms with van der Waals surface area (Å²) in [5.41, 5.74) is 16.8. The van der Waals surface area contributed by atoms with Crippen LogP contribution in [-0.2, 0) is 46.5 Å². The average molecular weight is 2080 g/mol. The van der Waals surface area contributed by atoms with Crippen molar-refractivity contribution in [3.63, 3.8) is 0 Å². The molecule has 134 heavy (non-hydrogen) atoms. The summed E-state index contributed by atoms with van der Waals surface area (Å²) in [6.45, 7) is 23.6. The van der Waals surface area contributed by atoms with Crippen LogP contribution in [-0.4, -0.2) is 184 Å². The Morgan fingerprint density at radius 3 is 1.48 bits per heavy atom. The molecule has 39 heteroatoms. The number of carboxylic acids is 1. The first-order valence-corrected chi connectivity index (χ1v) is 47.0. The SMILES string of the molecule is COC(=O)c1cc2ccc(Br)cc2[nH]1.COC(=O)c1cc2ccc(Br)cc2n1[C@H](C)CNC(=O)OC(C)(C)C.C[C@@H]1CNC(=O)c2cc3ccc(Br)cc3n21.C[C@@H]1CNC(=O)c2cc3ccc(N)cc3n21.C[C@@H]1CNC(=O)c2cc3ccc(NC(=O)c4cnn(Cc5ccccc5)c4)cc3n21.C[C@H]1CN(C(=O)OC(C)(C)C)S(=O)(=O)O1.ClCCl.O=C(O)c1cnn(Cc2ccccc2)c1. The second-order valence-corrected chi connectivity index (χ2v) is 38.5. The van der Waals surface area contributed by atoms with Crippen LogP contribution in [0, 0.1) is 0 Å². The van der Waals surface area contributed by atoms with Crippen LogP contribution in [0.15, 0.2) is 220 Å². The van der Waals surface area contributed by atoms with Crippen LogP contribution in [0.25, 0.3) is 54.5 Å². The average Bonchev–Trinajstić information content (AvgIpc) is 1.62. The summed E-state index contributed by atoms with van der Waals surface area (Å²) in [5, 5.41) is 36.6. The van der Waals surface area contributed by atoms with Crippen molar-refractivity contribution in [1.29, 1.82) is 0 Å². The van der Waals surface area contributed by atoms with Gasteiger partial charge < -0.3 is 79.6 Å². The summed E-state index contributed by atoms with van der Waals surface area (Å²) in [5.74, 6) is -1.99. The highest BCUT2D eigenvalue weighted by Crippen LogP contribution is 2.34. The highest BCUT2D eigenvalue weighted by molar-refractivity contribution is 9.11. The van der Waals surface area contributed by atoms with Crippen molar-refractivity contribution in [2.45, 2.75) is 131 Å². The largest absolute Gasteiger partial charge is 0.478 e. The molecule has 18 rings (SSSR count). The number of carbonyl (C=O) groups excluding carboxylic acids is 8. The van der Waals surface area contributed by atoms with Gasteiger partial charge in [0.25, 0.3) is 23.6 Å². The Kier molecular flexibility index (Phi) is 34.0. The zero-order chi connectivity index (χ0) is 97.4. The number of hydrogen-bond donors (Lipinski definition) is 8. The molecule has 7 aromatic carbocycles. The lowest BCUT2D eigenvalue weighted by molar-refractivity contribution is 0.0396. The normalized spacial score (nSPS) is 15.7. The molecule has 33 nitrogen and oxygen atoms in total. The topological polar surface area (TPSA) is 415 Å². The van der Waals surface area contributed by atoms with Gasteiger partial charge in [0, 0.05) is 120 Å². The minimum absolute atomic E-state index is 0.00273. The lowest BCUT2D eigenvalue weighted by atomic mass is 10.2. The van der Waals surface area contributed by atoms with Crippen molar-refractivity contribution < 1.29 is 79.8 Å². The van der Waals surface area contributed by atoms with E-state index < -0.39 is 51.7 Å². The van der Waals surface area contributed by atoms with Gasteiger partial charge in [-0.3, -0.25) is 28.5 Å². The first-order chi connectivity index (χ1) is 63.5. The number of nitrogens with one attached hydrogen (secondary N) is 6. The number of alkyl carbamates (subject to hydrolysis) is 1. The Labute approximate surface area is 808 Å². The molecule has 0 aliphatic carbocycles. The Bertz CT molecular complexity index is 6650. The standard InChI is InChI=1S/C23H21N5O2.C18H23BrN2O4.C12H11BrN2O.C12H13N3O.C11H10N2O2.C10H8BrNO2.C8H15NO5S.CH2Cl2/c1-15-11-24-23(30)21-9-17-7-8-19(10-20(17)28(15)21)26-22(29)18-12-25-27(14-18)13-16-5-3-2-4-6-16;1-11(10-20-17(23)25-18(2,3)4)21-14-9-13(19)7-6-12(14)8-15(21)16(22)24-5;2*1-7-6-14-12(16)11-4-8-2-3-9(13)5-10(8)15(7)11;14-11(15)10-6-12-13(8-10)7-9-4-2-1-3-5-9;1-14-10(13)9-4-6-2-3-7(11)5-8(6)12-9;1-6-5-9(15(11,12)14-6)7(10)13-8(2,3)4;2-1-3/h2-10,12,14-15H,11,13H2,1H3,(H,24,30)(H,26,29);6-9,11H,10H2,1-5H3,(H,20,23);2-5,7H,6H2,1H3,(H,14,16);2-5,7H,6,13H2,1H3,(H,14,16);1-6,8H,7H2,(H,14,15);2-5,12H,1H3;6H,5H2,1-4H3;1H2/t15-;11-;2*7-;;;6-;/m1111..0./s1. The van der Waals surface area contributed by atoms with E-state index in [2.05, 4.69) is 134 Å². The zero-order valence-corrected chi connectivity index (χ0v) is 82.6. The maximum atomic E-state index is 12.7. The number of aromatic carboxylic acids is 1. The van der Waals surface area contributed by atoms with Gasteiger partial charge in [0.1, 0.15) is 39.7 Å². The number of ether oxygens (including phenoxy) is 4. The number of halogens is 5. The molecule has 4 aliphatic rings. The quantitative estimate of drug-likeness (QED) is 0.0244. The molecular formula is C95H103Br3Cl2N16O17S. The molecule has 4 aliphatic heterocycles. The number of nitrogens with two attached hydrogens (primary N) is 1. The number of alkyl halides is 2. The van der Waals surface area contributed by atoms with Crippen LogP contribution >= 0.6 is 71.0 Å². The maximum Gasteiger partial charge on any atom is 0.425 e. The summed E-state index contributed by atoms with van der Waals surface area (Å²) >= 11 is 19.8. The van der Waals surface area contributed by atoms with Gasteiger partial charge in [-0.2, -0.15) is 22.9 Å². The van der Waals surface area contributed by atoms with Gasteiger partial charge in [-0.15, -0.1) is 23.2 Å². The number of nitrogen functional groups attached to an aromatic ring is 1. The number of esters is 2. The van der Waals surface area contributed by atoms with Gasteiger partial charge in [-0.05, 0) is 178 Å². The molecule has 0 radical (unpaired) electrons. The number of anilines is 2. The van der Waals surface area contributed by atoms with Crippen molar-refractivity contribution >= 4 is 201 Å². The van der Waals surface area contributed by atoms with E-state index in [0.717, 1.165) is 96.1 Å². The highest BCUT2D eigenvalue weighted by Gasteiger charge is 2.41. The van der Waals surface area contributed by atoms with E-state index in [9.17, 15) is 51.6 Å². The third-order valence-electron chi connectivity index (χ3n) is 20.8. The number of benzene rings is 7. The number of carboxylic acid groups (broad SMARTS) is 1. The minimum Gasteiger partial charge on any atom is -0.478 e. The van der Waals surface area contributed by atoms with Crippen LogP contribution in [0.2, 0.25) is 0 Å². The molecule has 1 fully saturated rings. The minimum atomic E-state index is -3.95. The number of aromatic nitrogens is 9. The third kappa shape index (κ3) is 26.4. The second kappa shape index (κ2) is 44.8. The van der Waals surface area contributed by atoms with Crippen molar-refractivity contribution in [3.8, 4) is 0 Å². The molecule has 5 atom stereocenters. The molecule has 11 heterocycles. The summed E-state index contributed by atoms with van der Waals surface area (Å²) in [6, 6.07) is 58.7. The summed E-state index contributed by atoms with van der Waals surface area (Å²) < 4.78 is 61.8. The molecule has 9 N–H and O–H groups in total. The monoisotopic (exact) mass is 2080 g/mol. The number of hydrogen-bond acceptors (Lipinski definition) is 19. The number of amides is 6. The molecule has 706 valence electrons. The van der Waals surface area contributed by atoms with Gasteiger partial charge >= 0.3 is 40.4 Å². The van der Waals surface area contributed by atoms with Crippen LogP contribution in [0.3, 0.4) is 0 Å². The molecule has 14 aromatic rings. The lowest BCUT2D eigenvalue weighted by Gasteiger charge is -2.24. The fourth-order valence-electron chi connectivity index (χ4n) is 14.8. The molecule has 0 saturated carbocycles. The molecule has 0 bridgehead atoms. The molecule has 7 aromatic heterocycles. The fourth-order valence-corrected chi connectivity index (χ4v) is 17.1. The number of methoxy groups -OCH3 is 2. The number of aromatic amines is 1. The van der Waals surface area contributed by atoms with E-state index in [4.69, 9.17) is 48.3 Å². The predicted octanol–water partition coefficient (Wildman–Crippen LogP) is 18.6. The van der Waals surface area contributed by atoms with E-state index in [1.54, 1.807) is 61.6 Å². The highest BCUT2D eigenvalue weighted by atomic mass is 79.9. The van der Waals surface area contributed by atoms with Gasteiger partial charge in [0.2, 0.25) is 0 Å². The smallest absolute Gasteiger partial charge is 0.425 e. The van der Waals surface area contributed by atoms with E-state index in [1.165, 1.54) is 26.6 Å². The molecular weight excluding hydrogens is 1980 g/mol. The van der Waals surface area contributed by atoms with Crippen LogP contribution in [0.4, 0.5) is 21.0 Å². The fraction of sp³-hybridized carbons (Fsp3) is 0.295. The molecule has 1 saturated heterocycles. The van der Waals surface area contributed by atoms with Crippen molar-refractivity contribution in [3.05, 3.63) is 271 Å². The Morgan fingerprint density at radius 1 is 0.567 bits per heavy atom. The van der Waals surface area contributed by atoms with E-state index in [0.29, 0.717) is 77.9 Å². The van der Waals surface area contributed by atoms with Crippen LogP contribution in [0.5, 0.6) is 0 Å². The number of fused-ring (bicyclic) bond motifs is 11. The van der Waals surface area contributed by atoms with Gasteiger partial charge in [0.05, 0.1) is 90.9 Å². The molecule has 6 amide bonds. The first kappa shape index (κ1) is 102. The maximum absolute atomic E-state index is 12.7. The summed E-state index contributed by atoms with van der Waals surface area (Å²) in [4.78, 5) is 109. The number of H-pyrrole nitrogens is 1. The first-order valence-electron chi connectivity index (χ1n) is 42.2. The predicted molar refractivity (Wildman–Crippen MR) is 526 cm³/mol. The van der Waals surface area contributed by atoms with Crippen molar-refractivity contribution in [1.82, 2.24) is 68.4 Å². The number of nitrogens with zero attached hydrogens (tertiary/aromatic N) is 9. The van der Waals surface area contributed by atoms with Crippen LogP contribution < -0.4 is 32.3 Å². The third-order valence-corrected chi connectivity index (χ3v) is 23.6. The van der Waals surface area contributed by atoms with Gasteiger partial charge in [-0.25, -0.2) is 28.2 Å². The summed E-state index contributed by atoms with van der Waals surface area (Å²) in [7, 11) is -1.23. The van der Waals surface area contributed by atoms with Gasteiger partial charge in [0.15, 0.2) is 0 Å². The molecule has 0 spiro atoms. The van der Waals surface area contributed by atoms with Crippen molar-refractivity contribution in [2.75, 3.05) is 63.3 Å². The Balaban J connectivity index is 0.000000153. The Morgan fingerprint density at radius 2 is 1.01 bits per heavy atom. The lowest BCUT2D eigenvalue weighted by Crippen LogP contribution is -2.37. The van der Waals surface area contributed by atoms with Crippen LogP contribution in [0.1, 0.15) is 185 Å². The van der Waals surface area contributed by atoms with Gasteiger partial charge in [-0.1, -0.05) is 139 Å².